The average molecular weight is 521 g/mol. The number of pyridine rings is 1. The summed E-state index contributed by atoms with van der Waals surface area (Å²) in [6, 6.07) is 8.88. The number of halogens is 1. The molecule has 1 N–H and O–H groups in total. The van der Waals surface area contributed by atoms with Gasteiger partial charge in [0, 0.05) is 18.3 Å². The van der Waals surface area contributed by atoms with Gasteiger partial charge in [0.2, 0.25) is 5.88 Å². The first-order valence-corrected chi connectivity index (χ1v) is 13.1. The number of benzene rings is 1. The smallest absolute Gasteiger partial charge is 0.212 e. The standard InChI is InChI=1S/C27H25B6FN4O2/c1-24-6-7-25(2,14-24)13-17(12-24)38(26(28,29)30)21-4-3-19(36-37-21)23-18(34)9-16(10-20(23)39)15-5-8-35-22(11-15)40-27(31,32)33/h3-5,8-11,17,39H,6-7,12-14H2,1-2H3/t17?,24-,25+. The highest BCUT2D eigenvalue weighted by molar-refractivity contribution is 6.61. The van der Waals surface area contributed by atoms with Crippen LogP contribution in [0.5, 0.6) is 11.6 Å². The molecule has 12 radical (unpaired) electrons. The van der Waals surface area contributed by atoms with Gasteiger partial charge in [-0.05, 0) is 89.7 Å². The molecule has 6 nitrogen and oxygen atoms in total. The third kappa shape index (κ3) is 5.94. The molecule has 2 heterocycles. The van der Waals surface area contributed by atoms with Crippen molar-refractivity contribution in [2.45, 2.75) is 62.5 Å². The summed E-state index contributed by atoms with van der Waals surface area (Å²) in [4.78, 5) is 5.70. The second-order valence-corrected chi connectivity index (χ2v) is 12.1. The summed E-state index contributed by atoms with van der Waals surface area (Å²) in [5.74, 6) is -0.639. The van der Waals surface area contributed by atoms with Crippen LogP contribution in [0.1, 0.15) is 46.0 Å². The molecule has 1 aromatic carbocycles. The van der Waals surface area contributed by atoms with Crippen LogP contribution in [0.4, 0.5) is 10.2 Å². The van der Waals surface area contributed by atoms with Crippen molar-refractivity contribution >= 4 is 52.9 Å². The molecule has 2 saturated carbocycles. The number of anilines is 1. The van der Waals surface area contributed by atoms with Crippen LogP contribution in [0, 0.1) is 16.6 Å². The van der Waals surface area contributed by atoms with E-state index in [2.05, 4.69) is 29.0 Å². The van der Waals surface area contributed by atoms with Gasteiger partial charge < -0.3 is 14.7 Å². The third-order valence-corrected chi connectivity index (χ3v) is 8.00. The Kier molecular flexibility index (Phi) is 7.11. The fourth-order valence-electron chi connectivity index (χ4n) is 6.68. The highest BCUT2D eigenvalue weighted by Gasteiger charge is 2.51. The molecule has 190 valence electrons. The van der Waals surface area contributed by atoms with Crippen LogP contribution >= 0.6 is 0 Å². The molecule has 13 heteroatoms. The van der Waals surface area contributed by atoms with E-state index in [1.54, 1.807) is 23.1 Å². The van der Waals surface area contributed by atoms with Gasteiger partial charge in [-0.2, -0.15) is 0 Å². The highest BCUT2D eigenvalue weighted by atomic mass is 19.1. The zero-order valence-corrected chi connectivity index (χ0v) is 22.6. The van der Waals surface area contributed by atoms with E-state index >= 15 is 4.39 Å². The Hall–Kier alpha value is -2.83. The normalized spacial score (nSPS) is 24.5. The van der Waals surface area contributed by atoms with Crippen molar-refractivity contribution in [3.63, 3.8) is 0 Å². The first-order valence-electron chi connectivity index (χ1n) is 13.1. The number of hydrogen-bond acceptors (Lipinski definition) is 6. The maximum atomic E-state index is 15.4. The van der Waals surface area contributed by atoms with E-state index in [0.717, 1.165) is 32.1 Å². The van der Waals surface area contributed by atoms with E-state index in [9.17, 15) is 5.11 Å². The Morgan fingerprint density at radius 2 is 1.62 bits per heavy atom. The van der Waals surface area contributed by atoms with Gasteiger partial charge in [-0.1, -0.05) is 19.1 Å². The Balaban J connectivity index is 1.43. The van der Waals surface area contributed by atoms with Crippen molar-refractivity contribution in [1.29, 1.82) is 0 Å². The Morgan fingerprint density at radius 1 is 0.950 bits per heavy atom. The van der Waals surface area contributed by atoms with Crippen LogP contribution < -0.4 is 9.64 Å². The lowest BCUT2D eigenvalue weighted by molar-refractivity contribution is 0.145. The SMILES string of the molecule is [B]C([B])([B])Oc1cc(-c2cc(O)c(-c3ccc(N(C4C[C@]5(C)CC[C@](C)(C4)C5)C([B])([B])[B])nn3)c(F)c2)ccn1. The van der Waals surface area contributed by atoms with Crippen molar-refractivity contribution in [2.24, 2.45) is 10.8 Å². The molecule has 5 rings (SSSR count). The number of fused-ring (bicyclic) bond motifs is 2. The van der Waals surface area contributed by atoms with E-state index in [0.29, 0.717) is 16.9 Å². The molecule has 2 aliphatic carbocycles. The van der Waals surface area contributed by atoms with Crippen LogP contribution in [0.25, 0.3) is 22.4 Å². The number of phenols is 1. The Labute approximate surface area is 242 Å². The topological polar surface area (TPSA) is 71.4 Å². The van der Waals surface area contributed by atoms with Crippen LogP contribution in [-0.4, -0.2) is 83.9 Å². The Bertz CT molecular complexity index is 1380. The second-order valence-electron chi connectivity index (χ2n) is 12.1. The molecule has 3 aromatic rings. The summed E-state index contributed by atoms with van der Waals surface area (Å²) in [5, 5.41) is 15.7. The summed E-state index contributed by atoms with van der Waals surface area (Å²) in [6.45, 7) is 4.58. The fourth-order valence-corrected chi connectivity index (χ4v) is 6.68. The predicted octanol–water partition coefficient (Wildman–Crippen LogP) is 2.83. The number of aromatic hydroxyl groups is 1. The van der Waals surface area contributed by atoms with Crippen molar-refractivity contribution in [3.05, 3.63) is 48.4 Å². The number of aromatic nitrogens is 3. The second kappa shape index (κ2) is 9.92. The number of nitrogens with zero attached hydrogens (tertiary/aromatic N) is 4. The van der Waals surface area contributed by atoms with Gasteiger partial charge >= 0.3 is 0 Å². The fraction of sp³-hybridized carbons (Fsp3) is 0.444. The average Bonchev–Trinajstić information content (AvgIpc) is 3.04. The lowest BCUT2D eigenvalue weighted by atomic mass is 9.47. The van der Waals surface area contributed by atoms with Gasteiger partial charge in [0.15, 0.2) is 0 Å². The monoisotopic (exact) mass is 522 g/mol. The zero-order valence-electron chi connectivity index (χ0n) is 22.6. The van der Waals surface area contributed by atoms with Crippen molar-refractivity contribution in [3.8, 4) is 34.0 Å². The maximum absolute atomic E-state index is 15.4. The van der Waals surface area contributed by atoms with E-state index in [4.69, 9.17) is 51.8 Å². The van der Waals surface area contributed by atoms with Crippen LogP contribution in [0.15, 0.2) is 42.6 Å². The third-order valence-electron chi connectivity index (χ3n) is 8.00. The molecule has 40 heavy (non-hydrogen) atoms. The van der Waals surface area contributed by atoms with Gasteiger partial charge in [-0.15, -0.1) is 10.2 Å². The summed E-state index contributed by atoms with van der Waals surface area (Å²) >= 11 is 0. The maximum Gasteiger partial charge on any atom is 0.212 e. The van der Waals surface area contributed by atoms with Gasteiger partial charge in [0.05, 0.1) is 34.8 Å². The number of phenolic OH excluding ortho intramolecular Hbond substituents is 1. The van der Waals surface area contributed by atoms with Crippen LogP contribution in [0.2, 0.25) is 0 Å². The number of hydrogen-bond donors (Lipinski definition) is 1. The number of rotatable bonds is 7. The van der Waals surface area contributed by atoms with E-state index in [-0.39, 0.29) is 39.8 Å². The van der Waals surface area contributed by atoms with Gasteiger partial charge in [0.1, 0.15) is 40.9 Å². The summed E-state index contributed by atoms with van der Waals surface area (Å²) in [5.41, 5.74) is 1.21. The molecule has 0 spiro atoms. The largest absolute Gasteiger partial charge is 0.507 e. The lowest BCUT2D eigenvalue weighted by Crippen LogP contribution is -2.58. The first-order chi connectivity index (χ1) is 18.5. The lowest BCUT2D eigenvalue weighted by Gasteiger charge is -2.51. The van der Waals surface area contributed by atoms with Gasteiger partial charge in [-0.3, -0.25) is 0 Å². The molecule has 0 aliphatic heterocycles. The molecule has 0 saturated heterocycles. The molecule has 3 atom stereocenters. The Morgan fingerprint density at radius 3 is 2.17 bits per heavy atom. The highest BCUT2D eigenvalue weighted by Crippen LogP contribution is 2.59. The van der Waals surface area contributed by atoms with Gasteiger partial charge in [0.25, 0.3) is 0 Å². The van der Waals surface area contributed by atoms with Crippen molar-refractivity contribution in [2.75, 3.05) is 4.90 Å². The van der Waals surface area contributed by atoms with E-state index < -0.39 is 16.4 Å². The minimum Gasteiger partial charge on any atom is -0.507 e. The minimum atomic E-state index is -1.94. The van der Waals surface area contributed by atoms with Crippen molar-refractivity contribution < 1.29 is 14.2 Å². The molecule has 2 fully saturated rings. The molecule has 2 aliphatic rings. The summed E-state index contributed by atoms with van der Waals surface area (Å²) in [7, 11) is 35.1. The predicted molar refractivity (Wildman–Crippen MR) is 159 cm³/mol. The number of ether oxygens (including phenoxy) is 1. The molecular weight excluding hydrogens is 496 g/mol. The van der Waals surface area contributed by atoms with Crippen LogP contribution in [0.3, 0.4) is 0 Å². The van der Waals surface area contributed by atoms with Crippen molar-refractivity contribution in [1.82, 2.24) is 15.2 Å². The molecule has 2 aromatic heterocycles. The molecular formula is C27H25B6FN4O2. The van der Waals surface area contributed by atoms with Gasteiger partial charge in [-0.25, -0.2) is 9.37 Å². The van der Waals surface area contributed by atoms with E-state index in [1.165, 1.54) is 24.4 Å². The summed E-state index contributed by atoms with van der Waals surface area (Å²) in [6.07, 6.45) is 6.60. The minimum absolute atomic E-state index is 0.0322. The van der Waals surface area contributed by atoms with Crippen LogP contribution in [-0.2, 0) is 0 Å². The zero-order chi connectivity index (χ0) is 29.1. The molecule has 1 unspecified atom stereocenters. The quantitative estimate of drug-likeness (QED) is 0.483. The molecule has 2 bridgehead atoms. The molecule has 0 amide bonds. The first kappa shape index (κ1) is 28.7. The summed E-state index contributed by atoms with van der Waals surface area (Å²) < 4.78 is 20.5. The van der Waals surface area contributed by atoms with E-state index in [1.807, 2.05) is 0 Å².